The smallest absolute Gasteiger partial charge is 0.251 e. The number of nitrogens with one attached hydrogen (secondary N) is 3. The van der Waals surface area contributed by atoms with E-state index in [2.05, 4.69) is 32.8 Å². The van der Waals surface area contributed by atoms with Gasteiger partial charge >= 0.3 is 0 Å². The molecule has 6 heteroatoms. The third kappa shape index (κ3) is 6.67. The Labute approximate surface area is 157 Å². The van der Waals surface area contributed by atoms with E-state index >= 15 is 0 Å². The Morgan fingerprint density at radius 1 is 1.23 bits per heavy atom. The molecule has 0 aromatic heterocycles. The molecule has 1 saturated heterocycles. The number of carbonyl (C=O) groups is 1. The lowest BCUT2D eigenvalue weighted by Crippen LogP contribution is -2.43. The molecule has 0 aliphatic carbocycles. The molecule has 26 heavy (non-hydrogen) atoms. The predicted octanol–water partition coefficient (Wildman–Crippen LogP) is 1.49. The molecule has 1 aromatic rings. The minimum Gasteiger partial charge on any atom is -0.356 e. The third-order valence-corrected chi connectivity index (χ3v) is 4.94. The first-order valence-electron chi connectivity index (χ1n) is 9.60. The van der Waals surface area contributed by atoms with Gasteiger partial charge in [-0.25, -0.2) is 0 Å². The Hall–Kier alpha value is -2.08. The summed E-state index contributed by atoms with van der Waals surface area (Å²) in [6.45, 7) is 7.48. The average molecular weight is 360 g/mol. The van der Waals surface area contributed by atoms with Gasteiger partial charge in [0.2, 0.25) is 0 Å². The largest absolute Gasteiger partial charge is 0.356 e. The molecule has 144 valence electrons. The quantitative estimate of drug-likeness (QED) is 0.510. The van der Waals surface area contributed by atoms with Crippen LogP contribution in [0.15, 0.2) is 29.3 Å². The van der Waals surface area contributed by atoms with Crippen LogP contribution in [0.5, 0.6) is 0 Å². The van der Waals surface area contributed by atoms with Crippen molar-refractivity contribution in [2.45, 2.75) is 26.2 Å². The molecule has 1 fully saturated rings. The van der Waals surface area contributed by atoms with Crippen molar-refractivity contribution in [3.8, 4) is 0 Å². The Balaban J connectivity index is 1.68. The molecule has 1 heterocycles. The number of nitrogens with zero attached hydrogens (tertiary/aromatic N) is 2. The molecule has 0 bridgehead atoms. The second kappa shape index (κ2) is 10.8. The van der Waals surface area contributed by atoms with Gasteiger partial charge in [-0.3, -0.25) is 9.79 Å². The number of piperidine rings is 1. The summed E-state index contributed by atoms with van der Waals surface area (Å²) in [5.74, 6) is 1.65. The number of likely N-dealkylation sites (tertiary alicyclic amines) is 1. The van der Waals surface area contributed by atoms with Crippen LogP contribution in [-0.4, -0.2) is 63.6 Å². The summed E-state index contributed by atoms with van der Waals surface area (Å²) in [5.41, 5.74) is 1.83. The fourth-order valence-corrected chi connectivity index (χ4v) is 3.18. The number of aliphatic imine (C=N–C) groups is 1. The molecule has 1 amide bonds. The van der Waals surface area contributed by atoms with Gasteiger partial charge < -0.3 is 20.9 Å². The monoisotopic (exact) mass is 359 g/mol. The van der Waals surface area contributed by atoms with E-state index < -0.39 is 0 Å². The third-order valence-electron chi connectivity index (χ3n) is 4.94. The highest BCUT2D eigenvalue weighted by Gasteiger charge is 2.14. The molecule has 0 saturated carbocycles. The first kappa shape index (κ1) is 20.2. The molecule has 6 nitrogen and oxygen atoms in total. The van der Waals surface area contributed by atoms with Gasteiger partial charge in [-0.1, -0.05) is 19.1 Å². The lowest BCUT2D eigenvalue weighted by atomic mass is 9.99. The van der Waals surface area contributed by atoms with Crippen LogP contribution in [0.4, 0.5) is 0 Å². The van der Waals surface area contributed by atoms with Crippen molar-refractivity contribution in [3.63, 3.8) is 0 Å². The SMILES string of the molecule is CN=C(NCCc1cccc(C(=O)NC)c1)NCCN1CCC(C)CC1. The maximum Gasteiger partial charge on any atom is 0.251 e. The van der Waals surface area contributed by atoms with Crippen molar-refractivity contribution in [1.29, 1.82) is 0 Å². The zero-order valence-electron chi connectivity index (χ0n) is 16.3. The maximum atomic E-state index is 11.7. The zero-order chi connectivity index (χ0) is 18.8. The summed E-state index contributed by atoms with van der Waals surface area (Å²) < 4.78 is 0. The summed E-state index contributed by atoms with van der Waals surface area (Å²) >= 11 is 0. The Kier molecular flexibility index (Phi) is 8.41. The highest BCUT2D eigenvalue weighted by molar-refractivity contribution is 5.94. The predicted molar refractivity (Wildman–Crippen MR) is 108 cm³/mol. The van der Waals surface area contributed by atoms with E-state index in [4.69, 9.17) is 0 Å². The fourth-order valence-electron chi connectivity index (χ4n) is 3.18. The number of hydrogen-bond acceptors (Lipinski definition) is 3. The van der Waals surface area contributed by atoms with Crippen molar-refractivity contribution in [3.05, 3.63) is 35.4 Å². The molecule has 0 spiro atoms. The van der Waals surface area contributed by atoms with Crippen molar-refractivity contribution in [2.24, 2.45) is 10.9 Å². The molecule has 2 rings (SSSR count). The Bertz CT molecular complexity index is 594. The van der Waals surface area contributed by atoms with Gasteiger partial charge in [0.1, 0.15) is 0 Å². The van der Waals surface area contributed by atoms with E-state index in [9.17, 15) is 4.79 Å². The Morgan fingerprint density at radius 3 is 2.65 bits per heavy atom. The standard InChI is InChI=1S/C20H33N5O/c1-16-8-12-25(13-9-16)14-11-24-20(22-3)23-10-7-17-5-4-6-18(15-17)19(26)21-2/h4-6,15-16H,7-14H2,1-3H3,(H,21,26)(H2,22,23,24). The highest BCUT2D eigenvalue weighted by atomic mass is 16.1. The van der Waals surface area contributed by atoms with Gasteiger partial charge in [0.15, 0.2) is 5.96 Å². The van der Waals surface area contributed by atoms with Gasteiger partial charge in [0.05, 0.1) is 0 Å². The van der Waals surface area contributed by atoms with Crippen LogP contribution in [0.2, 0.25) is 0 Å². The number of hydrogen-bond donors (Lipinski definition) is 3. The summed E-state index contributed by atoms with van der Waals surface area (Å²) in [4.78, 5) is 18.5. The van der Waals surface area contributed by atoms with Gasteiger partial charge in [-0.2, -0.15) is 0 Å². The normalized spacial score (nSPS) is 16.3. The minimum absolute atomic E-state index is 0.0515. The van der Waals surface area contributed by atoms with Crippen LogP contribution in [0.3, 0.4) is 0 Å². The van der Waals surface area contributed by atoms with Crippen LogP contribution in [-0.2, 0) is 6.42 Å². The molecular formula is C20H33N5O. The van der Waals surface area contributed by atoms with Crippen LogP contribution >= 0.6 is 0 Å². The Morgan fingerprint density at radius 2 is 1.96 bits per heavy atom. The van der Waals surface area contributed by atoms with E-state index in [0.717, 1.165) is 43.5 Å². The lowest BCUT2D eigenvalue weighted by molar-refractivity contribution is 0.0963. The molecule has 0 radical (unpaired) electrons. The van der Waals surface area contributed by atoms with Gasteiger partial charge in [0.25, 0.3) is 5.91 Å². The molecule has 1 aliphatic rings. The lowest BCUT2D eigenvalue weighted by Gasteiger charge is -2.30. The van der Waals surface area contributed by atoms with Crippen molar-refractivity contribution >= 4 is 11.9 Å². The molecule has 0 unspecified atom stereocenters. The summed E-state index contributed by atoms with van der Waals surface area (Å²) in [5, 5.41) is 9.39. The number of carbonyl (C=O) groups excluding carboxylic acids is 1. The number of benzene rings is 1. The molecule has 0 atom stereocenters. The number of guanidine groups is 1. The molecule has 3 N–H and O–H groups in total. The summed E-state index contributed by atoms with van der Waals surface area (Å²) in [6.07, 6.45) is 3.46. The highest BCUT2D eigenvalue weighted by Crippen LogP contribution is 2.15. The van der Waals surface area contributed by atoms with E-state index in [1.54, 1.807) is 14.1 Å². The van der Waals surface area contributed by atoms with Crippen molar-refractivity contribution < 1.29 is 4.79 Å². The molecule has 1 aromatic carbocycles. The first-order chi connectivity index (χ1) is 12.6. The van der Waals surface area contributed by atoms with Crippen LogP contribution in [0.1, 0.15) is 35.7 Å². The van der Waals surface area contributed by atoms with E-state index in [1.807, 2.05) is 24.3 Å². The van der Waals surface area contributed by atoms with E-state index in [0.29, 0.717) is 5.56 Å². The second-order valence-electron chi connectivity index (χ2n) is 6.98. The van der Waals surface area contributed by atoms with Crippen molar-refractivity contribution in [2.75, 3.05) is 46.8 Å². The van der Waals surface area contributed by atoms with Gasteiger partial charge in [-0.15, -0.1) is 0 Å². The van der Waals surface area contributed by atoms with Gasteiger partial charge in [0, 0.05) is 39.3 Å². The topological polar surface area (TPSA) is 68.8 Å². The van der Waals surface area contributed by atoms with Crippen LogP contribution in [0, 0.1) is 5.92 Å². The first-order valence-corrected chi connectivity index (χ1v) is 9.60. The number of rotatable bonds is 7. The second-order valence-corrected chi connectivity index (χ2v) is 6.98. The number of amides is 1. The molecular weight excluding hydrogens is 326 g/mol. The summed E-state index contributed by atoms with van der Waals surface area (Å²) in [6, 6.07) is 7.74. The minimum atomic E-state index is -0.0515. The van der Waals surface area contributed by atoms with E-state index in [1.165, 1.54) is 25.9 Å². The molecule has 1 aliphatic heterocycles. The maximum absolute atomic E-state index is 11.7. The van der Waals surface area contributed by atoms with Crippen LogP contribution in [0.25, 0.3) is 0 Å². The zero-order valence-corrected chi connectivity index (χ0v) is 16.3. The van der Waals surface area contributed by atoms with Gasteiger partial charge in [-0.05, 0) is 56.0 Å². The van der Waals surface area contributed by atoms with Crippen LogP contribution < -0.4 is 16.0 Å². The summed E-state index contributed by atoms with van der Waals surface area (Å²) in [7, 11) is 3.45. The average Bonchev–Trinajstić information content (AvgIpc) is 2.67. The fraction of sp³-hybridized carbons (Fsp3) is 0.600. The van der Waals surface area contributed by atoms with E-state index in [-0.39, 0.29) is 5.91 Å². The van der Waals surface area contributed by atoms with Crippen molar-refractivity contribution in [1.82, 2.24) is 20.9 Å².